The Bertz CT molecular complexity index is 1890. The summed E-state index contributed by atoms with van der Waals surface area (Å²) in [6, 6.07) is 23.7. The molecule has 0 unspecified atom stereocenters. The van der Waals surface area contributed by atoms with Crippen molar-refractivity contribution in [3.05, 3.63) is 95.5 Å². The minimum Gasteiger partial charge on any atom is -0.339 e. The van der Waals surface area contributed by atoms with Crippen LogP contribution in [0.1, 0.15) is 42.5 Å². The molecule has 1 fully saturated rings. The lowest BCUT2D eigenvalue weighted by atomic mass is 9.83. The van der Waals surface area contributed by atoms with E-state index in [9.17, 15) is 21.6 Å². The first-order chi connectivity index (χ1) is 21.1. The van der Waals surface area contributed by atoms with Gasteiger partial charge in [0, 0.05) is 41.3 Å². The summed E-state index contributed by atoms with van der Waals surface area (Å²) in [5.74, 6) is -0.513. The van der Waals surface area contributed by atoms with E-state index in [2.05, 4.69) is 4.72 Å². The second-order valence-corrected chi connectivity index (χ2v) is 16.5. The van der Waals surface area contributed by atoms with E-state index in [0.29, 0.717) is 22.7 Å². The quantitative estimate of drug-likeness (QED) is 0.239. The minimum absolute atomic E-state index is 0.0916. The van der Waals surface area contributed by atoms with Gasteiger partial charge in [-0.1, -0.05) is 67.3 Å². The van der Waals surface area contributed by atoms with Crippen LogP contribution >= 0.6 is 22.9 Å². The molecule has 1 amide bonds. The number of fused-ring (bicyclic) bond motifs is 1. The van der Waals surface area contributed by atoms with Crippen LogP contribution in [0.15, 0.2) is 94.0 Å². The van der Waals surface area contributed by atoms with Crippen LogP contribution in [0.25, 0.3) is 10.4 Å². The lowest BCUT2D eigenvalue weighted by molar-refractivity contribution is 0.0981. The third-order valence-electron chi connectivity index (χ3n) is 8.47. The highest BCUT2D eigenvalue weighted by molar-refractivity contribution is 7.92. The van der Waals surface area contributed by atoms with Gasteiger partial charge in [0.1, 0.15) is 9.10 Å². The lowest BCUT2D eigenvalue weighted by Crippen LogP contribution is -2.46. The van der Waals surface area contributed by atoms with Crippen LogP contribution in [0.3, 0.4) is 0 Å². The predicted molar refractivity (Wildman–Crippen MR) is 175 cm³/mol. The number of amides is 1. The highest BCUT2D eigenvalue weighted by Gasteiger charge is 2.41. The molecule has 6 rings (SSSR count). The van der Waals surface area contributed by atoms with Gasteiger partial charge in [-0.2, -0.15) is 4.31 Å². The number of hydrogen-bond donors (Lipinski definition) is 1. The predicted octanol–water partition coefficient (Wildman–Crippen LogP) is 6.91. The van der Waals surface area contributed by atoms with Crippen molar-refractivity contribution in [3.63, 3.8) is 0 Å². The third-order valence-corrected chi connectivity index (χ3v) is 13.6. The molecule has 1 aliphatic heterocycles. The Morgan fingerprint density at radius 1 is 0.932 bits per heavy atom. The molecule has 0 spiro atoms. The molecule has 0 bridgehead atoms. The highest BCUT2D eigenvalue weighted by Crippen LogP contribution is 2.45. The van der Waals surface area contributed by atoms with Crippen LogP contribution in [-0.4, -0.2) is 46.7 Å². The summed E-state index contributed by atoms with van der Waals surface area (Å²) in [7, 11) is -6.48. The number of para-hydroxylation sites is 1. The first-order valence-electron chi connectivity index (χ1n) is 14.4. The van der Waals surface area contributed by atoms with Crippen LogP contribution < -0.4 is 9.62 Å². The molecule has 8 nitrogen and oxygen atoms in total. The van der Waals surface area contributed by atoms with Gasteiger partial charge in [0.15, 0.2) is 0 Å². The van der Waals surface area contributed by atoms with Crippen molar-refractivity contribution in [2.24, 2.45) is 5.92 Å². The molecule has 44 heavy (non-hydrogen) atoms. The normalized spacial score (nSPS) is 19.2. The van der Waals surface area contributed by atoms with Crippen molar-refractivity contribution in [3.8, 4) is 10.4 Å². The third kappa shape index (κ3) is 5.91. The van der Waals surface area contributed by atoms with Gasteiger partial charge >= 0.3 is 0 Å². The van der Waals surface area contributed by atoms with Crippen molar-refractivity contribution < 1.29 is 21.6 Å². The number of sulfonamides is 2. The van der Waals surface area contributed by atoms with E-state index in [-0.39, 0.29) is 31.7 Å². The van der Waals surface area contributed by atoms with E-state index >= 15 is 0 Å². The number of carbonyl (C=O) groups is 1. The van der Waals surface area contributed by atoms with Crippen LogP contribution in [-0.2, 0) is 20.0 Å². The SMILES string of the molecule is CN1[C@H](C2CCCCC2)CN(c2ccccc2)c2cc(Cl)c(-c3ccc(S(=O)(=O)NC(=O)c4ccccc4)s3)cc2S1(=O)=O. The fraction of sp³-hybridized carbons (Fsp3) is 0.281. The van der Waals surface area contributed by atoms with Gasteiger partial charge in [0.25, 0.3) is 15.9 Å². The van der Waals surface area contributed by atoms with E-state index in [0.717, 1.165) is 49.1 Å². The molecule has 1 N–H and O–H groups in total. The van der Waals surface area contributed by atoms with Gasteiger partial charge < -0.3 is 4.90 Å². The van der Waals surface area contributed by atoms with E-state index in [4.69, 9.17) is 11.6 Å². The summed E-state index contributed by atoms with van der Waals surface area (Å²) >= 11 is 7.77. The average Bonchev–Trinajstić information content (AvgIpc) is 3.51. The summed E-state index contributed by atoms with van der Waals surface area (Å²) in [6.45, 7) is 0.482. The van der Waals surface area contributed by atoms with Crippen LogP contribution in [0.4, 0.5) is 11.4 Å². The van der Waals surface area contributed by atoms with Crippen molar-refractivity contribution >= 4 is 60.3 Å². The molecular formula is C32H32ClN3O5S3. The maximum Gasteiger partial charge on any atom is 0.273 e. The Kier molecular flexibility index (Phi) is 8.60. The molecule has 1 atom stereocenters. The molecule has 0 saturated heterocycles. The van der Waals surface area contributed by atoms with E-state index in [1.54, 1.807) is 43.4 Å². The van der Waals surface area contributed by atoms with Crippen molar-refractivity contribution in [1.82, 2.24) is 9.03 Å². The average molecular weight is 670 g/mol. The Hall–Kier alpha value is -3.22. The number of benzene rings is 3. The first-order valence-corrected chi connectivity index (χ1v) is 18.5. The largest absolute Gasteiger partial charge is 0.339 e. The number of rotatable bonds is 6. The zero-order chi connectivity index (χ0) is 31.1. The van der Waals surface area contributed by atoms with E-state index in [1.807, 2.05) is 35.2 Å². The molecule has 2 heterocycles. The monoisotopic (exact) mass is 669 g/mol. The summed E-state index contributed by atoms with van der Waals surface area (Å²) < 4.78 is 58.3. The fourth-order valence-corrected chi connectivity index (χ4v) is 10.4. The molecule has 230 valence electrons. The van der Waals surface area contributed by atoms with Gasteiger partial charge in [-0.05, 0) is 67.3 Å². The standard InChI is InChI=1S/C32H32ClN3O5S3/c1-35-28(22-11-5-2-6-12-22)21-36(24-15-9-4-10-16-24)27-20-26(33)25(19-30(27)44(35,40)41)29-17-18-31(42-29)43(38,39)34-32(37)23-13-7-3-8-14-23/h3-4,7-10,13-20,22,28H,2,5-6,11-12,21H2,1H3,(H,34,37)/t28-/m0/s1. The zero-order valence-electron chi connectivity index (χ0n) is 24.0. The molecule has 0 radical (unpaired) electrons. The lowest BCUT2D eigenvalue weighted by Gasteiger charge is -2.36. The number of nitrogens with one attached hydrogen (secondary N) is 1. The van der Waals surface area contributed by atoms with Gasteiger partial charge in [-0.15, -0.1) is 11.3 Å². The molecule has 1 aromatic heterocycles. The molecule has 1 aliphatic carbocycles. The fourth-order valence-electron chi connectivity index (χ4n) is 6.13. The maximum atomic E-state index is 14.3. The highest BCUT2D eigenvalue weighted by atomic mass is 35.5. The van der Waals surface area contributed by atoms with Crippen molar-refractivity contribution in [2.45, 2.75) is 47.3 Å². The van der Waals surface area contributed by atoms with Gasteiger partial charge in [-0.25, -0.2) is 21.6 Å². The Morgan fingerprint density at radius 3 is 2.27 bits per heavy atom. The Morgan fingerprint density at radius 2 is 1.59 bits per heavy atom. The van der Waals surface area contributed by atoms with Crippen LogP contribution in [0.2, 0.25) is 5.02 Å². The van der Waals surface area contributed by atoms with Crippen LogP contribution in [0, 0.1) is 5.92 Å². The Balaban J connectivity index is 1.41. The van der Waals surface area contributed by atoms with Gasteiger partial charge in [0.05, 0.1) is 10.7 Å². The van der Waals surface area contributed by atoms with Crippen LogP contribution in [0.5, 0.6) is 0 Å². The molecule has 4 aromatic rings. The summed E-state index contributed by atoms with van der Waals surface area (Å²) in [4.78, 5) is 15.2. The molecule has 2 aliphatic rings. The number of anilines is 2. The smallest absolute Gasteiger partial charge is 0.273 e. The summed E-state index contributed by atoms with van der Waals surface area (Å²) in [6.07, 6.45) is 5.28. The molecule has 3 aromatic carbocycles. The summed E-state index contributed by atoms with van der Waals surface area (Å²) in [5.41, 5.74) is 1.95. The van der Waals surface area contributed by atoms with E-state index < -0.39 is 26.0 Å². The number of likely N-dealkylation sites (N-methyl/N-ethyl adjacent to an activating group) is 1. The molecule has 1 saturated carbocycles. The zero-order valence-corrected chi connectivity index (χ0v) is 27.2. The van der Waals surface area contributed by atoms with Crippen molar-refractivity contribution in [2.75, 3.05) is 18.5 Å². The van der Waals surface area contributed by atoms with Gasteiger partial charge in [0.2, 0.25) is 10.0 Å². The number of nitrogens with zero attached hydrogens (tertiary/aromatic N) is 2. The molecule has 12 heteroatoms. The number of carbonyl (C=O) groups excluding carboxylic acids is 1. The second-order valence-electron chi connectivity index (χ2n) is 11.2. The van der Waals surface area contributed by atoms with E-state index in [1.165, 1.54) is 22.5 Å². The molecular weight excluding hydrogens is 638 g/mol. The minimum atomic E-state index is -4.19. The summed E-state index contributed by atoms with van der Waals surface area (Å²) in [5, 5.41) is 0.290. The number of halogens is 1. The van der Waals surface area contributed by atoms with Crippen molar-refractivity contribution in [1.29, 1.82) is 0 Å². The van der Waals surface area contributed by atoms with Gasteiger partial charge in [-0.3, -0.25) is 4.79 Å². The topological polar surface area (TPSA) is 104 Å². The first kappa shape index (κ1) is 30.8. The number of thiophene rings is 1. The Labute approximate surface area is 267 Å². The second kappa shape index (κ2) is 12.3. The maximum absolute atomic E-state index is 14.3. The number of hydrogen-bond acceptors (Lipinski definition) is 7.